The Morgan fingerprint density at radius 3 is 2.32 bits per heavy atom. The molecule has 1 aromatic carbocycles. The van der Waals surface area contributed by atoms with Gasteiger partial charge < -0.3 is 0 Å². The van der Waals surface area contributed by atoms with Crippen LogP contribution in [0.5, 0.6) is 0 Å². The lowest BCUT2D eigenvalue weighted by atomic mass is 9.97. The van der Waals surface area contributed by atoms with Gasteiger partial charge in [0, 0.05) is 25.5 Å². The summed E-state index contributed by atoms with van der Waals surface area (Å²) >= 11 is 0. The first-order chi connectivity index (χ1) is 13.3. The van der Waals surface area contributed by atoms with Crippen LogP contribution in [-0.2, 0) is 16.6 Å². The number of pyridine rings is 1. The molecule has 1 N–H and O–H groups in total. The van der Waals surface area contributed by atoms with Crippen LogP contribution in [0.1, 0.15) is 40.7 Å². The van der Waals surface area contributed by atoms with Crippen molar-refractivity contribution >= 4 is 10.0 Å². The number of likely N-dealkylation sites (tertiary alicyclic amines) is 1. The average molecular weight is 402 g/mol. The fraction of sp³-hybridized carbons (Fsp3) is 0.500. The van der Waals surface area contributed by atoms with Gasteiger partial charge in [-0.05, 0) is 93.4 Å². The molecule has 5 nitrogen and oxygen atoms in total. The van der Waals surface area contributed by atoms with Crippen molar-refractivity contribution in [1.29, 1.82) is 0 Å². The third-order valence-electron chi connectivity index (χ3n) is 5.96. The Bertz CT molecular complexity index is 892. The fourth-order valence-corrected chi connectivity index (χ4v) is 5.71. The summed E-state index contributed by atoms with van der Waals surface area (Å²) in [7, 11) is -3.50. The number of nitrogens with one attached hydrogen (secondary N) is 1. The highest BCUT2D eigenvalue weighted by Gasteiger charge is 2.25. The van der Waals surface area contributed by atoms with Crippen molar-refractivity contribution in [2.45, 2.75) is 52.0 Å². The number of aromatic nitrogens is 1. The molecule has 6 heteroatoms. The van der Waals surface area contributed by atoms with Crippen LogP contribution in [0, 0.1) is 33.6 Å². The minimum Gasteiger partial charge on any atom is -0.299 e. The maximum atomic E-state index is 13.0. The summed E-state index contributed by atoms with van der Waals surface area (Å²) in [5, 5.41) is 0. The molecule has 152 valence electrons. The van der Waals surface area contributed by atoms with Crippen LogP contribution < -0.4 is 4.72 Å². The third-order valence-corrected chi connectivity index (χ3v) is 7.66. The molecule has 2 aromatic rings. The molecule has 0 radical (unpaired) electrons. The molecule has 0 spiro atoms. The maximum absolute atomic E-state index is 13.0. The predicted molar refractivity (Wildman–Crippen MR) is 113 cm³/mol. The lowest BCUT2D eigenvalue weighted by molar-refractivity contribution is 0.178. The summed E-state index contributed by atoms with van der Waals surface area (Å²) < 4.78 is 28.9. The average Bonchev–Trinajstić information content (AvgIpc) is 2.67. The van der Waals surface area contributed by atoms with E-state index in [1.165, 1.54) is 5.56 Å². The molecule has 2 heterocycles. The zero-order valence-corrected chi connectivity index (χ0v) is 18.1. The molecule has 0 amide bonds. The van der Waals surface area contributed by atoms with E-state index < -0.39 is 10.0 Å². The Hall–Kier alpha value is -1.76. The van der Waals surface area contributed by atoms with E-state index in [1.807, 2.05) is 40.0 Å². The molecule has 1 aromatic heterocycles. The second kappa shape index (κ2) is 8.72. The van der Waals surface area contributed by atoms with E-state index >= 15 is 0 Å². The van der Waals surface area contributed by atoms with Gasteiger partial charge in [-0.1, -0.05) is 12.1 Å². The van der Waals surface area contributed by atoms with E-state index in [2.05, 4.69) is 26.7 Å². The highest BCUT2D eigenvalue weighted by atomic mass is 32.2. The summed E-state index contributed by atoms with van der Waals surface area (Å²) in [6.45, 7) is 11.1. The van der Waals surface area contributed by atoms with Crippen LogP contribution in [0.25, 0.3) is 0 Å². The van der Waals surface area contributed by atoms with Crippen molar-refractivity contribution in [3.05, 3.63) is 58.4 Å². The number of piperidine rings is 1. The molecule has 1 fully saturated rings. The molecule has 1 aliphatic heterocycles. The van der Waals surface area contributed by atoms with Crippen LogP contribution in [0.2, 0.25) is 0 Å². The van der Waals surface area contributed by atoms with Gasteiger partial charge in [-0.3, -0.25) is 9.88 Å². The first kappa shape index (κ1) is 21.0. The quantitative estimate of drug-likeness (QED) is 0.805. The smallest absolute Gasteiger partial charge is 0.241 e. The fourth-order valence-electron chi connectivity index (χ4n) is 3.98. The molecule has 0 bridgehead atoms. The van der Waals surface area contributed by atoms with Crippen molar-refractivity contribution in [3.8, 4) is 0 Å². The van der Waals surface area contributed by atoms with Gasteiger partial charge in [0.05, 0.1) is 4.90 Å². The van der Waals surface area contributed by atoms with Crippen LogP contribution in [0.4, 0.5) is 0 Å². The van der Waals surface area contributed by atoms with Gasteiger partial charge in [-0.2, -0.15) is 0 Å². The Labute approximate surface area is 169 Å². The lowest BCUT2D eigenvalue weighted by Gasteiger charge is -2.32. The van der Waals surface area contributed by atoms with Crippen molar-refractivity contribution in [2.24, 2.45) is 5.92 Å². The van der Waals surface area contributed by atoms with Crippen molar-refractivity contribution in [3.63, 3.8) is 0 Å². The summed E-state index contributed by atoms with van der Waals surface area (Å²) in [6, 6.07) is 6.12. The van der Waals surface area contributed by atoms with Gasteiger partial charge >= 0.3 is 0 Å². The number of nitrogens with zero attached hydrogens (tertiary/aromatic N) is 2. The first-order valence-corrected chi connectivity index (χ1v) is 11.4. The molecule has 0 aliphatic carbocycles. The Balaban J connectivity index is 1.58. The van der Waals surface area contributed by atoms with Crippen LogP contribution >= 0.6 is 0 Å². The van der Waals surface area contributed by atoms with Gasteiger partial charge in [-0.15, -0.1) is 0 Å². The Morgan fingerprint density at radius 2 is 1.75 bits per heavy atom. The molecule has 0 atom stereocenters. The Morgan fingerprint density at radius 1 is 1.11 bits per heavy atom. The van der Waals surface area contributed by atoms with E-state index in [-0.39, 0.29) is 0 Å². The predicted octanol–water partition coefficient (Wildman–Crippen LogP) is 3.51. The van der Waals surface area contributed by atoms with Crippen LogP contribution in [-0.4, -0.2) is 37.9 Å². The van der Waals surface area contributed by atoms with Gasteiger partial charge in [0.15, 0.2) is 0 Å². The van der Waals surface area contributed by atoms with Crippen molar-refractivity contribution < 1.29 is 8.42 Å². The summed E-state index contributed by atoms with van der Waals surface area (Å²) in [6.07, 6.45) is 5.72. The molecule has 1 aliphatic rings. The van der Waals surface area contributed by atoms with E-state index in [1.54, 1.807) is 6.20 Å². The van der Waals surface area contributed by atoms with Crippen LogP contribution in [0.15, 0.2) is 35.5 Å². The molecule has 3 rings (SSSR count). The minimum absolute atomic E-state index is 0.381. The largest absolute Gasteiger partial charge is 0.299 e. The third kappa shape index (κ3) is 4.80. The second-order valence-electron chi connectivity index (χ2n) is 8.02. The normalized spacial score (nSPS) is 16.4. The standard InChI is InChI=1S/C22H31N3O2S/c1-16-12-17(2)19(4)22(18(16)3)28(26,27)24-14-20-7-10-25(11-8-20)15-21-6-5-9-23-13-21/h5-6,9,12-13,20,24H,7-8,10-11,14-15H2,1-4H3. The van der Waals surface area contributed by atoms with Gasteiger partial charge in [0.1, 0.15) is 0 Å². The molecule has 0 saturated carbocycles. The molecule has 1 saturated heterocycles. The van der Waals surface area contributed by atoms with Gasteiger partial charge in [0.2, 0.25) is 10.0 Å². The minimum atomic E-state index is -3.50. The maximum Gasteiger partial charge on any atom is 0.241 e. The molecular weight excluding hydrogens is 370 g/mol. The lowest BCUT2D eigenvalue weighted by Crippen LogP contribution is -2.38. The highest BCUT2D eigenvalue weighted by Crippen LogP contribution is 2.26. The second-order valence-corrected chi connectivity index (χ2v) is 9.73. The molecular formula is C22H31N3O2S. The van der Waals surface area contributed by atoms with Crippen molar-refractivity contribution in [2.75, 3.05) is 19.6 Å². The SMILES string of the molecule is Cc1cc(C)c(C)c(S(=O)(=O)NCC2CCN(Cc3cccnc3)CC2)c1C. The zero-order chi connectivity index (χ0) is 20.3. The number of hydrogen-bond acceptors (Lipinski definition) is 4. The van der Waals surface area contributed by atoms with E-state index in [9.17, 15) is 8.42 Å². The first-order valence-electron chi connectivity index (χ1n) is 9.96. The number of rotatable bonds is 6. The van der Waals surface area contributed by atoms with Crippen molar-refractivity contribution in [1.82, 2.24) is 14.6 Å². The highest BCUT2D eigenvalue weighted by molar-refractivity contribution is 7.89. The van der Waals surface area contributed by atoms with E-state index in [0.717, 1.165) is 54.7 Å². The van der Waals surface area contributed by atoms with E-state index in [0.29, 0.717) is 17.4 Å². The number of aryl methyl sites for hydroxylation is 2. The Kier molecular flexibility index (Phi) is 6.53. The van der Waals surface area contributed by atoms with Crippen LogP contribution in [0.3, 0.4) is 0 Å². The molecule has 0 unspecified atom stereocenters. The monoisotopic (exact) mass is 401 g/mol. The number of hydrogen-bond donors (Lipinski definition) is 1. The summed E-state index contributed by atoms with van der Waals surface area (Å²) in [5.41, 5.74) is 4.96. The van der Waals surface area contributed by atoms with E-state index in [4.69, 9.17) is 0 Å². The summed E-state index contributed by atoms with van der Waals surface area (Å²) in [5.74, 6) is 0.381. The molecule has 28 heavy (non-hydrogen) atoms. The number of sulfonamides is 1. The van der Waals surface area contributed by atoms with Gasteiger partial charge in [-0.25, -0.2) is 13.1 Å². The topological polar surface area (TPSA) is 62.3 Å². The zero-order valence-electron chi connectivity index (χ0n) is 17.3. The number of benzene rings is 1. The van der Waals surface area contributed by atoms with Gasteiger partial charge in [0.25, 0.3) is 0 Å². The summed E-state index contributed by atoms with van der Waals surface area (Å²) in [4.78, 5) is 7.05.